The SMILES string of the molecule is Cc1ccc(NN2C(=O)C3CC4C(=CCC5C(=O)N(c6cc(C(F)(F)F)cc(C(F)(F)F)c6)C(=O)C54)C(c4cc(C)c(O)c(C)c4)C3(c3ccccc3)C2=O)cc1. The number of halogens is 6. The van der Waals surface area contributed by atoms with E-state index in [4.69, 9.17) is 0 Å². The number of phenolic OH excluding ortho intramolecular Hbond substituents is 1. The van der Waals surface area contributed by atoms with Gasteiger partial charge in [0.15, 0.2) is 0 Å². The topological polar surface area (TPSA) is 107 Å². The van der Waals surface area contributed by atoms with Crippen LogP contribution in [0, 0.1) is 44.4 Å². The molecule has 2 heterocycles. The third-order valence-electron chi connectivity index (χ3n) is 12.1. The van der Waals surface area contributed by atoms with Crippen LogP contribution in [0.4, 0.5) is 37.7 Å². The molecule has 2 N–H and O–H groups in total. The van der Waals surface area contributed by atoms with E-state index in [9.17, 15) is 45.8 Å². The fourth-order valence-electron chi connectivity index (χ4n) is 9.60. The van der Waals surface area contributed by atoms with Crippen molar-refractivity contribution in [1.82, 2.24) is 5.01 Å². The van der Waals surface area contributed by atoms with Crippen LogP contribution >= 0.6 is 0 Å². The van der Waals surface area contributed by atoms with Gasteiger partial charge in [0, 0.05) is 5.92 Å². The molecule has 1 saturated carbocycles. The Morgan fingerprint density at radius 1 is 0.737 bits per heavy atom. The van der Waals surface area contributed by atoms with Crippen LogP contribution in [0.5, 0.6) is 5.75 Å². The molecular formula is C43H35F6N3O5. The molecule has 57 heavy (non-hydrogen) atoms. The fourth-order valence-corrected chi connectivity index (χ4v) is 9.60. The molecular weight excluding hydrogens is 752 g/mol. The minimum absolute atomic E-state index is 0.0112. The molecule has 4 aliphatic rings. The molecule has 8 nitrogen and oxygen atoms in total. The molecule has 2 saturated heterocycles. The molecule has 14 heteroatoms. The summed E-state index contributed by atoms with van der Waals surface area (Å²) in [6.45, 7) is 5.23. The van der Waals surface area contributed by atoms with E-state index in [1.807, 2.05) is 6.92 Å². The number of nitrogens with zero attached hydrogens (tertiary/aromatic N) is 2. The Labute approximate surface area is 322 Å². The molecule has 8 rings (SSSR count). The van der Waals surface area contributed by atoms with E-state index >= 15 is 4.79 Å². The summed E-state index contributed by atoms with van der Waals surface area (Å²) in [5.74, 6) is -8.66. The second-order valence-electron chi connectivity index (χ2n) is 15.4. The Morgan fingerprint density at radius 3 is 1.91 bits per heavy atom. The zero-order valence-corrected chi connectivity index (χ0v) is 30.7. The number of carbonyl (C=O) groups excluding carboxylic acids is 4. The van der Waals surface area contributed by atoms with Gasteiger partial charge in [-0.3, -0.25) is 24.6 Å². The maximum Gasteiger partial charge on any atom is 0.416 e. The lowest BCUT2D eigenvalue weighted by molar-refractivity contribution is -0.143. The van der Waals surface area contributed by atoms with Crippen LogP contribution in [0.15, 0.2) is 96.6 Å². The molecule has 4 aromatic rings. The molecule has 0 bridgehead atoms. The van der Waals surface area contributed by atoms with E-state index < -0.39 is 87.8 Å². The van der Waals surface area contributed by atoms with E-state index in [2.05, 4.69) is 5.43 Å². The quantitative estimate of drug-likeness (QED) is 0.119. The van der Waals surface area contributed by atoms with Crippen molar-refractivity contribution < 1.29 is 50.6 Å². The number of carbonyl (C=O) groups is 4. The average Bonchev–Trinajstić information content (AvgIpc) is 3.54. The van der Waals surface area contributed by atoms with Gasteiger partial charge >= 0.3 is 12.4 Å². The lowest BCUT2D eigenvalue weighted by Crippen LogP contribution is -2.53. The van der Waals surface area contributed by atoms with Gasteiger partial charge in [0.2, 0.25) is 11.8 Å². The van der Waals surface area contributed by atoms with Crippen molar-refractivity contribution in [1.29, 1.82) is 0 Å². The Balaban J connectivity index is 1.31. The van der Waals surface area contributed by atoms with Crippen LogP contribution in [0.25, 0.3) is 0 Å². The normalized spacial score (nSPS) is 26.0. The summed E-state index contributed by atoms with van der Waals surface area (Å²) < 4.78 is 83.6. The maximum atomic E-state index is 15.3. The summed E-state index contributed by atoms with van der Waals surface area (Å²) in [5.41, 5.74) is 1.01. The Morgan fingerprint density at radius 2 is 1.33 bits per heavy atom. The third-order valence-corrected chi connectivity index (χ3v) is 12.1. The number of aryl methyl sites for hydroxylation is 3. The second-order valence-corrected chi connectivity index (χ2v) is 15.4. The molecule has 6 unspecified atom stereocenters. The Kier molecular flexibility index (Phi) is 8.71. The number of amides is 4. The molecule has 2 aliphatic carbocycles. The van der Waals surface area contributed by atoms with E-state index in [1.54, 1.807) is 86.7 Å². The van der Waals surface area contributed by atoms with Gasteiger partial charge in [-0.15, -0.1) is 0 Å². The number of aromatic hydroxyl groups is 1. The predicted molar refractivity (Wildman–Crippen MR) is 195 cm³/mol. The highest BCUT2D eigenvalue weighted by molar-refractivity contribution is 6.22. The fraction of sp³-hybridized carbons (Fsp3) is 0.302. The first-order chi connectivity index (χ1) is 26.8. The number of hydrazine groups is 1. The van der Waals surface area contributed by atoms with E-state index in [1.165, 1.54) is 0 Å². The highest BCUT2D eigenvalue weighted by atomic mass is 19.4. The van der Waals surface area contributed by atoms with Gasteiger partial charge in [-0.2, -0.15) is 31.4 Å². The van der Waals surface area contributed by atoms with Gasteiger partial charge in [0.1, 0.15) is 5.75 Å². The van der Waals surface area contributed by atoms with Gasteiger partial charge < -0.3 is 5.11 Å². The molecule has 294 valence electrons. The van der Waals surface area contributed by atoms with Gasteiger partial charge in [-0.05, 0) is 92.1 Å². The van der Waals surface area contributed by atoms with Gasteiger partial charge in [-0.1, -0.05) is 71.8 Å². The number of benzene rings is 4. The van der Waals surface area contributed by atoms with Crippen LogP contribution in [0.2, 0.25) is 0 Å². The number of allylic oxidation sites excluding steroid dienone is 2. The molecule has 0 radical (unpaired) electrons. The number of anilines is 2. The van der Waals surface area contributed by atoms with E-state index in [0.717, 1.165) is 10.6 Å². The Hall–Kier alpha value is -5.92. The number of fused-ring (bicyclic) bond motifs is 4. The maximum absolute atomic E-state index is 15.3. The number of rotatable bonds is 5. The minimum Gasteiger partial charge on any atom is -0.507 e. The number of hydrogen-bond acceptors (Lipinski definition) is 6. The zero-order valence-electron chi connectivity index (χ0n) is 30.7. The number of hydrogen-bond donors (Lipinski definition) is 2. The van der Waals surface area contributed by atoms with Gasteiger partial charge in [0.25, 0.3) is 11.8 Å². The molecule has 0 aromatic heterocycles. The summed E-state index contributed by atoms with van der Waals surface area (Å²) in [6, 6.07) is 19.8. The van der Waals surface area contributed by atoms with E-state index in [-0.39, 0.29) is 24.7 Å². The van der Waals surface area contributed by atoms with Crippen LogP contribution in [0.3, 0.4) is 0 Å². The standard InChI is InChI=1S/C43H35F6N3O5/c1-21-9-11-28(12-10-21)50-52-38(55)33-20-32-30(35(24-15-22(2)36(53)23(3)16-24)41(33,40(52)57)25-7-5-4-6-8-25)13-14-31-34(32)39(56)51(37(31)54)29-18-26(42(44,45)46)17-27(19-29)43(47,48)49/h4-13,15-19,31-35,50,53H,14,20H2,1-3H3. The predicted octanol–water partition coefficient (Wildman–Crippen LogP) is 8.54. The van der Waals surface area contributed by atoms with Crippen LogP contribution < -0.4 is 10.3 Å². The number of imide groups is 2. The minimum atomic E-state index is -5.23. The van der Waals surface area contributed by atoms with Crippen molar-refractivity contribution in [2.75, 3.05) is 10.3 Å². The lowest BCUT2D eigenvalue weighted by atomic mass is 9.49. The molecule has 4 amide bonds. The molecule has 2 aliphatic heterocycles. The largest absolute Gasteiger partial charge is 0.507 e. The van der Waals surface area contributed by atoms with Crippen molar-refractivity contribution in [3.63, 3.8) is 0 Å². The number of alkyl halides is 6. The summed E-state index contributed by atoms with van der Waals surface area (Å²) in [7, 11) is 0. The van der Waals surface area contributed by atoms with Crippen molar-refractivity contribution in [3.8, 4) is 5.75 Å². The highest BCUT2D eigenvalue weighted by Crippen LogP contribution is 2.64. The highest BCUT2D eigenvalue weighted by Gasteiger charge is 2.70. The molecule has 6 atom stereocenters. The number of nitrogens with one attached hydrogen (secondary N) is 1. The number of phenols is 1. The van der Waals surface area contributed by atoms with Crippen LogP contribution in [-0.2, 0) is 36.9 Å². The summed E-state index contributed by atoms with van der Waals surface area (Å²) in [6.07, 6.45) is -8.99. The van der Waals surface area contributed by atoms with E-state index in [0.29, 0.717) is 50.5 Å². The third kappa shape index (κ3) is 5.82. The summed E-state index contributed by atoms with van der Waals surface area (Å²) in [5, 5.41) is 11.8. The molecule has 0 spiro atoms. The molecule has 3 fully saturated rings. The van der Waals surface area contributed by atoms with Crippen LogP contribution in [-0.4, -0.2) is 33.7 Å². The first kappa shape index (κ1) is 38.0. The van der Waals surface area contributed by atoms with Crippen molar-refractivity contribution in [2.45, 2.75) is 57.3 Å². The Bertz CT molecular complexity index is 2340. The molecule has 4 aromatic carbocycles. The summed E-state index contributed by atoms with van der Waals surface area (Å²) >= 11 is 0. The van der Waals surface area contributed by atoms with Gasteiger partial charge in [-0.25, -0.2) is 4.90 Å². The van der Waals surface area contributed by atoms with Crippen LogP contribution in [0.1, 0.15) is 57.7 Å². The van der Waals surface area contributed by atoms with Gasteiger partial charge in [0.05, 0.1) is 45.7 Å². The van der Waals surface area contributed by atoms with Crippen molar-refractivity contribution in [2.24, 2.45) is 23.7 Å². The monoisotopic (exact) mass is 787 g/mol. The zero-order chi connectivity index (χ0) is 40.9. The van der Waals surface area contributed by atoms with Crippen molar-refractivity contribution >= 4 is 35.0 Å². The smallest absolute Gasteiger partial charge is 0.416 e. The second kappa shape index (κ2) is 13.1. The lowest BCUT2D eigenvalue weighted by Gasteiger charge is -2.50. The van der Waals surface area contributed by atoms with Crippen molar-refractivity contribution in [3.05, 3.63) is 136 Å². The first-order valence-electron chi connectivity index (χ1n) is 18.3. The summed E-state index contributed by atoms with van der Waals surface area (Å²) in [4.78, 5) is 59.2. The first-order valence-corrected chi connectivity index (χ1v) is 18.3. The average molecular weight is 788 g/mol.